The Kier molecular flexibility index (Phi) is 3.28. The lowest BCUT2D eigenvalue weighted by molar-refractivity contribution is 1.22. The molecule has 0 radical (unpaired) electrons. The maximum Gasteiger partial charge on any atom is 0.201 e. The van der Waals surface area contributed by atoms with Crippen molar-refractivity contribution in [3.8, 4) is 0 Å². The van der Waals surface area contributed by atoms with Crippen molar-refractivity contribution in [2.75, 3.05) is 11.9 Å². The quantitative estimate of drug-likeness (QED) is 0.740. The molecule has 0 unspecified atom stereocenters. The van der Waals surface area contributed by atoms with Gasteiger partial charge in [-0.1, -0.05) is 54.6 Å². The molecule has 0 fully saturated rings. The summed E-state index contributed by atoms with van der Waals surface area (Å²) in [6, 6.07) is 18.3. The van der Waals surface area contributed by atoms with Crippen LogP contribution < -0.4 is 5.32 Å². The van der Waals surface area contributed by atoms with E-state index < -0.39 is 0 Å². The first kappa shape index (κ1) is 11.5. The lowest BCUT2D eigenvalue weighted by Crippen LogP contribution is -1.99. The molecule has 0 bridgehead atoms. The normalized spacial score (nSPS) is 11.2. The molecule has 0 aliphatic carbocycles. The molecule has 0 saturated heterocycles. The lowest BCUT2D eigenvalue weighted by Gasteiger charge is -1.97. The molecule has 0 aliphatic rings. The highest BCUT2D eigenvalue weighted by molar-refractivity contribution is 5.77. The van der Waals surface area contributed by atoms with E-state index in [4.69, 9.17) is 0 Å². The number of para-hydroxylation sites is 2. The molecule has 0 amide bonds. The first-order valence-corrected chi connectivity index (χ1v) is 6.32. The molecular formula is C16H15N3. The minimum Gasteiger partial charge on any atom is -0.352 e. The Morgan fingerprint density at radius 2 is 1.79 bits per heavy atom. The van der Waals surface area contributed by atoms with E-state index in [1.54, 1.807) is 0 Å². The van der Waals surface area contributed by atoms with E-state index in [1.165, 1.54) is 5.56 Å². The van der Waals surface area contributed by atoms with E-state index in [-0.39, 0.29) is 0 Å². The molecule has 19 heavy (non-hydrogen) atoms. The minimum absolute atomic E-state index is 0.745. The van der Waals surface area contributed by atoms with Crippen LogP contribution in [0.15, 0.2) is 60.7 Å². The van der Waals surface area contributed by atoms with Gasteiger partial charge in [-0.05, 0) is 17.7 Å². The van der Waals surface area contributed by atoms with Crippen LogP contribution in [0.4, 0.5) is 5.95 Å². The van der Waals surface area contributed by atoms with Gasteiger partial charge in [-0.15, -0.1) is 0 Å². The fourth-order valence-corrected chi connectivity index (χ4v) is 1.95. The molecule has 0 saturated carbocycles. The smallest absolute Gasteiger partial charge is 0.201 e. The number of nitrogens with zero attached hydrogens (tertiary/aromatic N) is 1. The van der Waals surface area contributed by atoms with E-state index in [9.17, 15) is 0 Å². The number of hydrogen-bond acceptors (Lipinski definition) is 2. The van der Waals surface area contributed by atoms with Gasteiger partial charge in [0.1, 0.15) is 0 Å². The third-order valence-electron chi connectivity index (χ3n) is 2.89. The summed E-state index contributed by atoms with van der Waals surface area (Å²) in [6.07, 6.45) is 4.18. The molecule has 3 nitrogen and oxygen atoms in total. The molecule has 0 atom stereocenters. The van der Waals surface area contributed by atoms with Crippen molar-refractivity contribution in [3.05, 3.63) is 66.2 Å². The van der Waals surface area contributed by atoms with Crippen molar-refractivity contribution >= 4 is 23.1 Å². The Hall–Kier alpha value is -2.55. The van der Waals surface area contributed by atoms with Crippen molar-refractivity contribution in [3.63, 3.8) is 0 Å². The zero-order valence-corrected chi connectivity index (χ0v) is 10.5. The molecule has 3 rings (SSSR count). The molecule has 0 aliphatic heterocycles. The zero-order chi connectivity index (χ0) is 12.9. The summed E-state index contributed by atoms with van der Waals surface area (Å²) in [7, 11) is 0. The van der Waals surface area contributed by atoms with Crippen LogP contribution in [-0.4, -0.2) is 16.5 Å². The fraction of sp³-hybridized carbons (Fsp3) is 0.0625. The van der Waals surface area contributed by atoms with Crippen LogP contribution in [0.2, 0.25) is 0 Å². The number of aromatic nitrogens is 2. The molecule has 1 aromatic heterocycles. The molecule has 2 aromatic carbocycles. The second-order valence-electron chi connectivity index (χ2n) is 4.30. The van der Waals surface area contributed by atoms with E-state index in [2.05, 4.69) is 39.6 Å². The average Bonchev–Trinajstić information content (AvgIpc) is 2.87. The Morgan fingerprint density at radius 3 is 2.63 bits per heavy atom. The summed E-state index contributed by atoms with van der Waals surface area (Å²) in [6.45, 7) is 0.745. The number of hydrogen-bond donors (Lipinski definition) is 2. The summed E-state index contributed by atoms with van der Waals surface area (Å²) < 4.78 is 0. The number of rotatable bonds is 4. The number of H-pyrrole nitrogens is 1. The standard InChI is InChI=1S/C16H15N3/c1-2-7-13(8-3-1)9-6-12-17-16-18-14-10-4-5-11-15(14)19-16/h1-11H,12H2,(H2,17,18,19)/b9-6+. The number of nitrogens with one attached hydrogen (secondary N) is 2. The van der Waals surface area contributed by atoms with Gasteiger partial charge in [-0.3, -0.25) is 0 Å². The molecule has 3 heteroatoms. The third-order valence-corrected chi connectivity index (χ3v) is 2.89. The lowest BCUT2D eigenvalue weighted by atomic mass is 10.2. The molecule has 2 N–H and O–H groups in total. The largest absolute Gasteiger partial charge is 0.352 e. The minimum atomic E-state index is 0.745. The summed E-state index contributed by atoms with van der Waals surface area (Å²) in [5.74, 6) is 0.805. The highest BCUT2D eigenvalue weighted by Gasteiger charge is 1.98. The predicted molar refractivity (Wildman–Crippen MR) is 80.1 cm³/mol. The van der Waals surface area contributed by atoms with Gasteiger partial charge < -0.3 is 10.3 Å². The highest BCUT2D eigenvalue weighted by Crippen LogP contribution is 2.12. The van der Waals surface area contributed by atoms with Crippen molar-refractivity contribution in [2.24, 2.45) is 0 Å². The number of fused-ring (bicyclic) bond motifs is 1. The van der Waals surface area contributed by atoms with Gasteiger partial charge in [-0.2, -0.15) is 0 Å². The Bertz CT molecular complexity index is 650. The Balaban J connectivity index is 1.62. The second kappa shape index (κ2) is 5.40. The predicted octanol–water partition coefficient (Wildman–Crippen LogP) is 3.69. The maximum absolute atomic E-state index is 4.46. The number of benzene rings is 2. The first-order chi connectivity index (χ1) is 9.42. The van der Waals surface area contributed by atoms with Gasteiger partial charge in [0, 0.05) is 6.54 Å². The molecule has 3 aromatic rings. The van der Waals surface area contributed by atoms with Crippen LogP contribution in [-0.2, 0) is 0 Å². The van der Waals surface area contributed by atoms with Crippen molar-refractivity contribution in [1.82, 2.24) is 9.97 Å². The Morgan fingerprint density at radius 1 is 1.00 bits per heavy atom. The monoisotopic (exact) mass is 249 g/mol. The maximum atomic E-state index is 4.46. The number of imidazole rings is 1. The fourth-order valence-electron chi connectivity index (χ4n) is 1.95. The topological polar surface area (TPSA) is 40.7 Å². The molecule has 1 heterocycles. The van der Waals surface area contributed by atoms with Crippen LogP contribution >= 0.6 is 0 Å². The van der Waals surface area contributed by atoms with Crippen LogP contribution in [0.3, 0.4) is 0 Å². The first-order valence-electron chi connectivity index (χ1n) is 6.32. The van der Waals surface area contributed by atoms with Gasteiger partial charge in [-0.25, -0.2) is 4.98 Å². The number of anilines is 1. The van der Waals surface area contributed by atoms with Crippen LogP contribution in [0.5, 0.6) is 0 Å². The van der Waals surface area contributed by atoms with E-state index in [0.717, 1.165) is 23.5 Å². The van der Waals surface area contributed by atoms with Gasteiger partial charge in [0.25, 0.3) is 0 Å². The summed E-state index contributed by atoms with van der Waals surface area (Å²) in [5, 5.41) is 3.25. The summed E-state index contributed by atoms with van der Waals surface area (Å²) in [5.41, 5.74) is 3.24. The van der Waals surface area contributed by atoms with Crippen molar-refractivity contribution < 1.29 is 0 Å². The van der Waals surface area contributed by atoms with Crippen molar-refractivity contribution in [1.29, 1.82) is 0 Å². The number of aromatic amines is 1. The van der Waals surface area contributed by atoms with Crippen molar-refractivity contribution in [2.45, 2.75) is 0 Å². The van der Waals surface area contributed by atoms with Gasteiger partial charge in [0.15, 0.2) is 0 Å². The average molecular weight is 249 g/mol. The van der Waals surface area contributed by atoms with Crippen LogP contribution in [0.1, 0.15) is 5.56 Å². The van der Waals surface area contributed by atoms with E-state index >= 15 is 0 Å². The molecule has 0 spiro atoms. The van der Waals surface area contributed by atoms with Gasteiger partial charge in [0.05, 0.1) is 11.0 Å². The van der Waals surface area contributed by atoms with Crippen LogP contribution in [0, 0.1) is 0 Å². The van der Waals surface area contributed by atoms with Gasteiger partial charge in [0.2, 0.25) is 5.95 Å². The Labute approximate surface area is 112 Å². The second-order valence-corrected chi connectivity index (χ2v) is 4.30. The SMILES string of the molecule is C(=C\c1ccccc1)/CNc1nc2ccccc2[nH]1. The highest BCUT2D eigenvalue weighted by atomic mass is 15.1. The van der Waals surface area contributed by atoms with Crippen LogP contribution in [0.25, 0.3) is 17.1 Å². The molecular weight excluding hydrogens is 234 g/mol. The van der Waals surface area contributed by atoms with Gasteiger partial charge >= 0.3 is 0 Å². The zero-order valence-electron chi connectivity index (χ0n) is 10.5. The molecule has 94 valence electrons. The summed E-state index contributed by atoms with van der Waals surface area (Å²) in [4.78, 5) is 7.69. The van der Waals surface area contributed by atoms with E-state index in [1.807, 2.05) is 42.5 Å². The van der Waals surface area contributed by atoms with E-state index in [0.29, 0.717) is 0 Å². The summed E-state index contributed by atoms with van der Waals surface area (Å²) >= 11 is 0. The third kappa shape index (κ3) is 2.83.